The molecule has 90 valence electrons. The number of carboxylic acids is 1. The average Bonchev–Trinajstić information content (AvgIpc) is 2.69. The second kappa shape index (κ2) is 6.44. The number of fused-ring (bicyclic) bond motifs is 1. The third kappa shape index (κ3) is 3.39. The number of aromatic nitrogens is 2. The van der Waals surface area contributed by atoms with Gasteiger partial charge in [-0.15, -0.1) is 0 Å². The fourth-order valence-electron chi connectivity index (χ4n) is 1.31. The quantitative estimate of drug-likeness (QED) is 0.463. The van der Waals surface area contributed by atoms with E-state index in [2.05, 4.69) is 5.10 Å². The van der Waals surface area contributed by atoms with Crippen molar-refractivity contribution in [1.82, 2.24) is 9.19 Å². The summed E-state index contributed by atoms with van der Waals surface area (Å²) in [6.45, 7) is 0. The molecule has 2 rings (SSSR count). The minimum absolute atomic E-state index is 0. The zero-order valence-corrected chi connectivity index (χ0v) is 12.7. The first-order chi connectivity index (χ1) is 8.10. The molecule has 6 nitrogen and oxygen atoms in total. The van der Waals surface area contributed by atoms with Crippen molar-refractivity contribution < 1.29 is 49.3 Å². The summed E-state index contributed by atoms with van der Waals surface area (Å²) in [6.07, 6.45) is 1.61. The molecule has 1 aromatic carbocycles. The van der Waals surface area contributed by atoms with Crippen LogP contribution in [-0.2, 0) is 4.79 Å². The largest absolute Gasteiger partial charge is 1.00 e. The molecule has 0 saturated carbocycles. The van der Waals surface area contributed by atoms with Crippen LogP contribution in [0.2, 0.25) is 0 Å². The van der Waals surface area contributed by atoms with Crippen LogP contribution >= 0.6 is 11.9 Å². The maximum absolute atomic E-state index is 10.4. The minimum atomic E-state index is -1.65. The van der Waals surface area contributed by atoms with Gasteiger partial charge in [0.15, 0.2) is 5.44 Å². The van der Waals surface area contributed by atoms with E-state index >= 15 is 0 Å². The van der Waals surface area contributed by atoms with Crippen molar-refractivity contribution in [2.75, 3.05) is 7.11 Å². The number of aliphatic hydroxyl groups excluding tert-OH is 1. The summed E-state index contributed by atoms with van der Waals surface area (Å²) in [5.41, 5.74) is -0.963. The molecule has 1 heterocycles. The van der Waals surface area contributed by atoms with Gasteiger partial charge in [0.05, 0.1) is 18.6 Å². The van der Waals surface area contributed by atoms with Crippen LogP contribution in [-0.4, -0.2) is 32.8 Å². The zero-order chi connectivity index (χ0) is 12.4. The van der Waals surface area contributed by atoms with E-state index in [1.54, 1.807) is 31.5 Å². The van der Waals surface area contributed by atoms with Crippen LogP contribution < -0.4 is 39.4 Å². The van der Waals surface area contributed by atoms with Gasteiger partial charge in [0, 0.05) is 23.5 Å². The number of carbonyl (C=O) groups is 1. The van der Waals surface area contributed by atoms with Crippen LogP contribution in [0.4, 0.5) is 0 Å². The van der Waals surface area contributed by atoms with Gasteiger partial charge >= 0.3 is 29.6 Å². The van der Waals surface area contributed by atoms with Crippen molar-refractivity contribution in [2.24, 2.45) is 0 Å². The van der Waals surface area contributed by atoms with Crippen molar-refractivity contribution in [3.8, 4) is 5.75 Å². The second-order valence-corrected chi connectivity index (χ2v) is 4.26. The van der Waals surface area contributed by atoms with Gasteiger partial charge in [-0.3, -0.25) is 0 Å². The van der Waals surface area contributed by atoms with E-state index < -0.39 is 11.4 Å². The van der Waals surface area contributed by atoms with E-state index in [-0.39, 0.29) is 29.6 Å². The Bertz CT molecular complexity index is 560. The van der Waals surface area contributed by atoms with E-state index in [0.717, 1.165) is 5.39 Å². The molecule has 0 fully saturated rings. The smallest absolute Gasteiger partial charge is 0.546 e. The Labute approximate surface area is 129 Å². The number of ether oxygens (including phenoxy) is 1. The van der Waals surface area contributed by atoms with E-state index in [9.17, 15) is 9.90 Å². The molecule has 0 spiro atoms. The first-order valence-corrected chi connectivity index (χ1v) is 5.53. The molecule has 0 bridgehead atoms. The number of nitrogens with zero attached hydrogens (tertiary/aromatic N) is 2. The Morgan fingerprint density at radius 2 is 2.33 bits per heavy atom. The molecule has 0 aliphatic heterocycles. The molecule has 1 atom stereocenters. The molecule has 0 aliphatic rings. The molecular formula is C10H9N2NaO4S. The number of hydrogen-bond donors (Lipinski definition) is 1. The van der Waals surface area contributed by atoms with Crippen LogP contribution in [0.25, 0.3) is 10.9 Å². The third-order valence-corrected chi connectivity index (χ3v) is 2.90. The van der Waals surface area contributed by atoms with Crippen LogP contribution in [0.3, 0.4) is 0 Å². The molecule has 1 unspecified atom stereocenters. The van der Waals surface area contributed by atoms with Gasteiger partial charge in [-0.05, 0) is 18.2 Å². The first-order valence-electron chi connectivity index (χ1n) is 4.69. The van der Waals surface area contributed by atoms with Gasteiger partial charge in [-0.1, -0.05) is 0 Å². The molecule has 8 heteroatoms. The number of hydrogen-bond acceptors (Lipinski definition) is 6. The number of aliphatic carboxylic acids is 1. The van der Waals surface area contributed by atoms with Crippen LogP contribution in [0.5, 0.6) is 5.75 Å². The van der Waals surface area contributed by atoms with Gasteiger partial charge in [0.1, 0.15) is 5.75 Å². The van der Waals surface area contributed by atoms with Gasteiger partial charge in [-0.25, -0.2) is 4.09 Å². The van der Waals surface area contributed by atoms with Crippen molar-refractivity contribution in [3.05, 3.63) is 24.4 Å². The molecule has 0 saturated heterocycles. The molecule has 1 aromatic heterocycles. The van der Waals surface area contributed by atoms with Crippen LogP contribution in [0.1, 0.15) is 0 Å². The fourth-order valence-corrected chi connectivity index (χ4v) is 1.91. The second-order valence-electron chi connectivity index (χ2n) is 3.23. The molecular weight excluding hydrogens is 267 g/mol. The number of rotatable bonds is 4. The van der Waals surface area contributed by atoms with E-state index in [0.29, 0.717) is 23.2 Å². The Hall–Kier alpha value is -0.730. The summed E-state index contributed by atoms with van der Waals surface area (Å²) in [7, 11) is 1.56. The van der Waals surface area contributed by atoms with E-state index in [4.69, 9.17) is 9.84 Å². The third-order valence-electron chi connectivity index (χ3n) is 2.10. The Kier molecular flexibility index (Phi) is 5.48. The molecule has 18 heavy (non-hydrogen) atoms. The van der Waals surface area contributed by atoms with E-state index in [1.165, 1.54) is 4.09 Å². The molecule has 2 aromatic rings. The number of methoxy groups -OCH3 is 1. The monoisotopic (exact) mass is 276 g/mol. The van der Waals surface area contributed by atoms with Crippen LogP contribution in [0, 0.1) is 0 Å². The van der Waals surface area contributed by atoms with Crippen LogP contribution in [0.15, 0.2) is 24.4 Å². The van der Waals surface area contributed by atoms with Crippen molar-refractivity contribution >= 4 is 28.8 Å². The van der Waals surface area contributed by atoms with Gasteiger partial charge in [-0.2, -0.15) is 5.10 Å². The standard InChI is InChI=1S/C10H10N2O4S.Na/c1-16-7-2-3-8-6(4-7)5-12(11-8)17-10(15)9(13)14;/h2-5,10,15H,1H3,(H,13,14);/q;+1/p-1. The van der Waals surface area contributed by atoms with Crippen molar-refractivity contribution in [2.45, 2.75) is 5.44 Å². The molecule has 0 radical (unpaired) electrons. The minimum Gasteiger partial charge on any atom is -0.546 e. The summed E-state index contributed by atoms with van der Waals surface area (Å²) in [5.74, 6) is -0.866. The normalized spacial score (nSPS) is 11.9. The number of aliphatic hydroxyl groups is 1. The summed E-state index contributed by atoms with van der Waals surface area (Å²) in [5, 5.41) is 24.4. The maximum atomic E-state index is 10.4. The molecule has 0 aliphatic carbocycles. The number of benzene rings is 1. The van der Waals surface area contributed by atoms with E-state index in [1.807, 2.05) is 0 Å². The number of carbonyl (C=O) groups excluding carboxylic acids is 1. The zero-order valence-electron chi connectivity index (χ0n) is 9.86. The summed E-state index contributed by atoms with van der Waals surface area (Å²) >= 11 is 0.649. The van der Waals surface area contributed by atoms with Gasteiger partial charge < -0.3 is 19.7 Å². The van der Waals surface area contributed by atoms with Gasteiger partial charge in [0.2, 0.25) is 0 Å². The average molecular weight is 276 g/mol. The van der Waals surface area contributed by atoms with Crippen molar-refractivity contribution in [3.63, 3.8) is 0 Å². The summed E-state index contributed by atoms with van der Waals surface area (Å²) in [6, 6.07) is 5.26. The molecule has 0 amide bonds. The maximum Gasteiger partial charge on any atom is 1.00 e. The predicted octanol–water partition coefficient (Wildman–Crippen LogP) is -3.39. The number of carboxylic acid groups (broad SMARTS) is 1. The topological polar surface area (TPSA) is 87.4 Å². The Morgan fingerprint density at radius 1 is 1.61 bits per heavy atom. The fraction of sp³-hybridized carbons (Fsp3) is 0.200. The summed E-state index contributed by atoms with van der Waals surface area (Å²) in [4.78, 5) is 10.4. The SMILES string of the molecule is COc1ccc2nn(SC(O)C(=O)[O-])cc2c1.[Na+]. The molecule has 1 N–H and O–H groups in total. The first kappa shape index (κ1) is 15.3. The Balaban J connectivity index is 0.00000162. The van der Waals surface area contributed by atoms with Crippen molar-refractivity contribution in [1.29, 1.82) is 0 Å². The summed E-state index contributed by atoms with van der Waals surface area (Å²) < 4.78 is 6.34. The predicted molar refractivity (Wildman–Crippen MR) is 60.3 cm³/mol. The Morgan fingerprint density at radius 3 is 2.94 bits per heavy atom. The van der Waals surface area contributed by atoms with Gasteiger partial charge in [0.25, 0.3) is 0 Å².